The summed E-state index contributed by atoms with van der Waals surface area (Å²) in [6, 6.07) is 2.09. The number of hydrogen-bond acceptors (Lipinski definition) is 2. The van der Waals surface area contributed by atoms with Crippen LogP contribution in [0.3, 0.4) is 0 Å². The van der Waals surface area contributed by atoms with Gasteiger partial charge >= 0.3 is 0 Å². The average molecular weight is 273 g/mol. The Bertz CT molecular complexity index is 504. The van der Waals surface area contributed by atoms with Crippen LogP contribution >= 0.6 is 27.5 Å². The Morgan fingerprint density at radius 3 is 3.00 bits per heavy atom. The lowest BCUT2D eigenvalue weighted by Crippen LogP contribution is -1.94. The van der Waals surface area contributed by atoms with Gasteiger partial charge in [0, 0.05) is 0 Å². The summed E-state index contributed by atoms with van der Waals surface area (Å²) in [7, 11) is 0. The maximum atomic E-state index is 6.05. The zero-order chi connectivity index (χ0) is 9.71. The molecule has 0 aliphatic heterocycles. The van der Waals surface area contributed by atoms with Crippen LogP contribution in [-0.2, 0) is 0 Å². The molecule has 5 heteroatoms. The highest BCUT2D eigenvalue weighted by Gasteiger charge is 2.28. The first-order valence-electron chi connectivity index (χ1n) is 4.45. The van der Waals surface area contributed by atoms with Gasteiger partial charge in [0.1, 0.15) is 16.4 Å². The Morgan fingerprint density at radius 1 is 1.50 bits per heavy atom. The molecule has 72 valence electrons. The van der Waals surface area contributed by atoms with Crippen molar-refractivity contribution in [1.82, 2.24) is 14.6 Å². The molecule has 0 spiro atoms. The second kappa shape index (κ2) is 2.94. The van der Waals surface area contributed by atoms with Crippen molar-refractivity contribution in [3.8, 4) is 0 Å². The van der Waals surface area contributed by atoms with Gasteiger partial charge in [-0.05, 0) is 46.3 Å². The molecule has 0 radical (unpaired) electrons. The van der Waals surface area contributed by atoms with Crippen molar-refractivity contribution in [2.75, 3.05) is 0 Å². The van der Waals surface area contributed by atoms with Gasteiger partial charge in [-0.3, -0.25) is 0 Å². The zero-order valence-corrected chi connectivity index (χ0v) is 9.59. The molecule has 0 aromatic carbocycles. The van der Waals surface area contributed by atoms with Crippen molar-refractivity contribution < 1.29 is 0 Å². The van der Waals surface area contributed by atoms with E-state index in [0.29, 0.717) is 11.1 Å². The van der Waals surface area contributed by atoms with Gasteiger partial charge in [-0.1, -0.05) is 11.6 Å². The molecule has 0 atom stereocenters. The maximum Gasteiger partial charge on any atom is 0.156 e. The van der Waals surface area contributed by atoms with Gasteiger partial charge in [0.2, 0.25) is 0 Å². The highest BCUT2D eigenvalue weighted by molar-refractivity contribution is 9.10. The third-order valence-electron chi connectivity index (χ3n) is 2.51. The Balaban J connectivity index is 2.39. The fourth-order valence-corrected chi connectivity index (χ4v) is 2.45. The summed E-state index contributed by atoms with van der Waals surface area (Å²) in [6.45, 7) is 0. The minimum absolute atomic E-state index is 0.535. The summed E-state index contributed by atoms with van der Waals surface area (Å²) in [4.78, 5) is 4.00. The van der Waals surface area contributed by atoms with Crippen LogP contribution in [0.4, 0.5) is 0 Å². The van der Waals surface area contributed by atoms with Gasteiger partial charge in [-0.15, -0.1) is 0 Å². The second-order valence-corrected chi connectivity index (χ2v) is 4.68. The maximum absolute atomic E-state index is 6.05. The fourth-order valence-electron chi connectivity index (χ4n) is 1.70. The number of rotatable bonds is 1. The first-order valence-corrected chi connectivity index (χ1v) is 5.62. The molecular formula is C9H7BrClN3. The van der Waals surface area contributed by atoms with E-state index < -0.39 is 0 Å². The van der Waals surface area contributed by atoms with Gasteiger partial charge < -0.3 is 0 Å². The quantitative estimate of drug-likeness (QED) is 0.799. The molecule has 1 aliphatic carbocycles. The van der Waals surface area contributed by atoms with E-state index in [0.717, 1.165) is 10.1 Å². The summed E-state index contributed by atoms with van der Waals surface area (Å²) >= 11 is 9.52. The minimum atomic E-state index is 0.535. The molecule has 2 heterocycles. The van der Waals surface area contributed by atoms with Crippen LogP contribution in [0.15, 0.2) is 17.0 Å². The highest BCUT2D eigenvalue weighted by atomic mass is 79.9. The van der Waals surface area contributed by atoms with Gasteiger partial charge in [0.15, 0.2) is 5.15 Å². The minimum Gasteiger partial charge on any atom is -0.222 e. The molecule has 0 N–H and O–H groups in total. The number of hydrogen-bond donors (Lipinski definition) is 0. The predicted octanol–water partition coefficient (Wildman–Crippen LogP) is 3.02. The number of fused-ring (bicyclic) bond motifs is 1. The molecule has 14 heavy (non-hydrogen) atoms. The Labute approximate surface area is 94.2 Å². The fraction of sp³-hybridized carbons (Fsp3) is 0.333. The molecule has 3 nitrogen and oxygen atoms in total. The number of nitrogens with zero attached hydrogens (tertiary/aromatic N) is 3. The van der Waals surface area contributed by atoms with Gasteiger partial charge in [-0.25, -0.2) is 9.50 Å². The van der Waals surface area contributed by atoms with Crippen LogP contribution in [-0.4, -0.2) is 14.6 Å². The predicted molar refractivity (Wildman–Crippen MR) is 57.7 cm³/mol. The van der Waals surface area contributed by atoms with Crippen LogP contribution in [0, 0.1) is 0 Å². The lowest BCUT2D eigenvalue weighted by molar-refractivity contribution is 0.883. The average Bonchev–Trinajstić information content (AvgIpc) is 2.94. The molecule has 1 fully saturated rings. The van der Waals surface area contributed by atoms with Crippen molar-refractivity contribution in [3.63, 3.8) is 0 Å². The topological polar surface area (TPSA) is 30.2 Å². The van der Waals surface area contributed by atoms with Crippen molar-refractivity contribution >= 4 is 33.0 Å². The Hall–Kier alpha value is -0.610. The summed E-state index contributed by atoms with van der Waals surface area (Å²) in [6.07, 6.45) is 3.96. The normalized spacial score (nSPS) is 16.4. The van der Waals surface area contributed by atoms with Crippen LogP contribution in [0.25, 0.3) is 5.52 Å². The molecule has 2 aromatic heterocycles. The molecule has 2 aromatic rings. The van der Waals surface area contributed by atoms with Crippen molar-refractivity contribution in [1.29, 1.82) is 0 Å². The molecular weight excluding hydrogens is 265 g/mol. The summed E-state index contributed by atoms with van der Waals surface area (Å²) in [5.74, 6) is 0.653. The zero-order valence-electron chi connectivity index (χ0n) is 7.24. The summed E-state index contributed by atoms with van der Waals surface area (Å²) < 4.78 is 2.74. The first-order chi connectivity index (χ1) is 6.77. The molecule has 0 saturated heterocycles. The highest BCUT2D eigenvalue weighted by Crippen LogP contribution is 2.44. The lowest BCUT2D eigenvalue weighted by Gasteiger charge is -1.98. The van der Waals surface area contributed by atoms with E-state index >= 15 is 0 Å². The summed E-state index contributed by atoms with van der Waals surface area (Å²) in [5, 5.41) is 4.68. The standard InChI is InChI=1S/C9H7BrClN3/c10-7-3-6(5-1-2-5)8-9(11)12-4-13-14(7)8/h3-5H,1-2H2. The van der Waals surface area contributed by atoms with E-state index in [-0.39, 0.29) is 0 Å². The van der Waals surface area contributed by atoms with Crippen LogP contribution in [0.5, 0.6) is 0 Å². The van der Waals surface area contributed by atoms with Crippen molar-refractivity contribution in [2.45, 2.75) is 18.8 Å². The van der Waals surface area contributed by atoms with Crippen LogP contribution in [0.2, 0.25) is 5.15 Å². The molecule has 0 unspecified atom stereocenters. The SMILES string of the molecule is Clc1ncnn2c(Br)cc(C3CC3)c12. The van der Waals surface area contributed by atoms with Crippen LogP contribution < -0.4 is 0 Å². The molecule has 1 aliphatic rings. The number of halogens is 2. The Kier molecular flexibility index (Phi) is 1.82. The van der Waals surface area contributed by atoms with Gasteiger partial charge in [0.05, 0.1) is 0 Å². The third kappa shape index (κ3) is 1.17. The van der Waals surface area contributed by atoms with Gasteiger partial charge in [-0.2, -0.15) is 5.10 Å². The van der Waals surface area contributed by atoms with Crippen molar-refractivity contribution in [2.24, 2.45) is 0 Å². The molecule has 0 bridgehead atoms. The molecule has 3 rings (SSSR count). The Morgan fingerprint density at radius 2 is 2.29 bits per heavy atom. The van der Waals surface area contributed by atoms with Crippen LogP contribution in [0.1, 0.15) is 24.3 Å². The van der Waals surface area contributed by atoms with E-state index in [9.17, 15) is 0 Å². The smallest absolute Gasteiger partial charge is 0.156 e. The largest absolute Gasteiger partial charge is 0.222 e. The van der Waals surface area contributed by atoms with E-state index in [1.165, 1.54) is 24.7 Å². The first kappa shape index (κ1) is 8.68. The van der Waals surface area contributed by atoms with Crippen molar-refractivity contribution in [3.05, 3.63) is 27.7 Å². The van der Waals surface area contributed by atoms with E-state index in [1.54, 1.807) is 4.52 Å². The van der Waals surface area contributed by atoms with E-state index in [4.69, 9.17) is 11.6 Å². The molecule has 1 saturated carbocycles. The van der Waals surface area contributed by atoms with E-state index in [2.05, 4.69) is 32.1 Å². The van der Waals surface area contributed by atoms with E-state index in [1.807, 2.05) is 0 Å². The summed E-state index contributed by atoms with van der Waals surface area (Å²) in [5.41, 5.74) is 2.21. The van der Waals surface area contributed by atoms with Gasteiger partial charge in [0.25, 0.3) is 0 Å². The monoisotopic (exact) mass is 271 g/mol. The lowest BCUT2D eigenvalue weighted by atomic mass is 10.2. The molecule has 0 amide bonds. The number of aromatic nitrogens is 3. The second-order valence-electron chi connectivity index (χ2n) is 3.51. The third-order valence-corrected chi connectivity index (χ3v) is 3.35.